The maximum absolute atomic E-state index is 13.2. The van der Waals surface area contributed by atoms with Gasteiger partial charge in [-0.25, -0.2) is 4.68 Å². The van der Waals surface area contributed by atoms with Crippen molar-refractivity contribution in [1.29, 1.82) is 5.26 Å². The van der Waals surface area contributed by atoms with Gasteiger partial charge in [0, 0.05) is 23.5 Å². The van der Waals surface area contributed by atoms with Crippen LogP contribution >= 0.6 is 0 Å². The van der Waals surface area contributed by atoms with Crippen LogP contribution < -0.4 is 14.8 Å². The summed E-state index contributed by atoms with van der Waals surface area (Å²) in [5.41, 5.74) is 3.15. The van der Waals surface area contributed by atoms with E-state index in [0.29, 0.717) is 22.7 Å². The van der Waals surface area contributed by atoms with Crippen molar-refractivity contribution in [3.05, 3.63) is 90.6 Å². The Labute approximate surface area is 185 Å². The third kappa shape index (κ3) is 4.60. The van der Waals surface area contributed by atoms with Crippen LogP contribution in [0.2, 0.25) is 0 Å². The number of ether oxygens (including phenoxy) is 2. The van der Waals surface area contributed by atoms with Crippen LogP contribution in [0.4, 0.5) is 5.69 Å². The molecule has 0 atom stereocenters. The molecule has 32 heavy (non-hydrogen) atoms. The number of nitrogens with zero attached hydrogens (tertiary/aromatic N) is 3. The smallest absolute Gasteiger partial charge is 0.259 e. The summed E-state index contributed by atoms with van der Waals surface area (Å²) in [5, 5.41) is 16.3. The van der Waals surface area contributed by atoms with Gasteiger partial charge in [-0.3, -0.25) is 4.79 Å². The summed E-state index contributed by atoms with van der Waals surface area (Å²) in [5.74, 6) is 0.909. The molecule has 0 spiro atoms. The highest BCUT2D eigenvalue weighted by Gasteiger charge is 2.19. The largest absolute Gasteiger partial charge is 0.497 e. The van der Waals surface area contributed by atoms with Crippen LogP contribution in [0.15, 0.2) is 85.1 Å². The second-order valence-electron chi connectivity index (χ2n) is 6.83. The Hall–Kier alpha value is -4.57. The van der Waals surface area contributed by atoms with Crippen molar-refractivity contribution in [3.8, 4) is 34.5 Å². The Morgan fingerprint density at radius 1 is 1.03 bits per heavy atom. The molecular weight excluding hydrogens is 404 g/mol. The topological polar surface area (TPSA) is 89.2 Å². The lowest BCUT2D eigenvalue weighted by molar-refractivity contribution is 0.102. The third-order valence-electron chi connectivity index (χ3n) is 4.74. The third-order valence-corrected chi connectivity index (χ3v) is 4.74. The second kappa shape index (κ2) is 9.49. The maximum Gasteiger partial charge on any atom is 0.259 e. The summed E-state index contributed by atoms with van der Waals surface area (Å²) in [6.07, 6.45) is 1.71. The van der Waals surface area contributed by atoms with Gasteiger partial charge in [0.25, 0.3) is 5.91 Å². The van der Waals surface area contributed by atoms with E-state index in [4.69, 9.17) is 14.7 Å². The minimum absolute atomic E-state index is 0.0666. The van der Waals surface area contributed by atoms with E-state index in [9.17, 15) is 4.79 Å². The van der Waals surface area contributed by atoms with Crippen LogP contribution in [0.1, 0.15) is 10.4 Å². The minimum Gasteiger partial charge on any atom is -0.497 e. The summed E-state index contributed by atoms with van der Waals surface area (Å²) in [7, 11) is 1.60. The number of carbonyl (C=O) groups excluding carboxylic acids is 1. The number of methoxy groups -OCH3 is 1. The Kier molecular flexibility index (Phi) is 6.14. The molecule has 7 heteroatoms. The van der Waals surface area contributed by atoms with Gasteiger partial charge >= 0.3 is 0 Å². The molecule has 0 bridgehead atoms. The first-order valence-corrected chi connectivity index (χ1v) is 9.88. The first-order chi connectivity index (χ1) is 15.7. The molecular formula is C25H20N4O3. The highest BCUT2D eigenvalue weighted by Crippen LogP contribution is 2.27. The Morgan fingerprint density at radius 3 is 2.53 bits per heavy atom. The Morgan fingerprint density at radius 2 is 1.81 bits per heavy atom. The highest BCUT2D eigenvalue weighted by atomic mass is 16.5. The molecule has 0 aliphatic rings. The minimum atomic E-state index is -0.310. The average molecular weight is 424 g/mol. The number of rotatable bonds is 7. The van der Waals surface area contributed by atoms with Crippen LogP contribution in [0.3, 0.4) is 0 Å². The zero-order valence-electron chi connectivity index (χ0n) is 17.4. The molecule has 1 aromatic heterocycles. The molecule has 7 nitrogen and oxygen atoms in total. The fourth-order valence-corrected chi connectivity index (χ4v) is 3.19. The van der Waals surface area contributed by atoms with Crippen LogP contribution in [0.25, 0.3) is 16.9 Å². The number of nitriles is 1. The molecule has 0 fully saturated rings. The van der Waals surface area contributed by atoms with Gasteiger partial charge in [0.05, 0.1) is 18.4 Å². The lowest BCUT2D eigenvalue weighted by atomic mass is 10.1. The lowest BCUT2D eigenvalue weighted by Gasteiger charge is -2.08. The first-order valence-electron chi connectivity index (χ1n) is 9.88. The van der Waals surface area contributed by atoms with Crippen molar-refractivity contribution >= 4 is 11.6 Å². The van der Waals surface area contributed by atoms with Crippen molar-refractivity contribution in [2.75, 3.05) is 19.0 Å². The van der Waals surface area contributed by atoms with E-state index in [1.165, 1.54) is 0 Å². The van der Waals surface area contributed by atoms with Crippen molar-refractivity contribution in [1.82, 2.24) is 9.78 Å². The van der Waals surface area contributed by atoms with E-state index in [0.717, 1.165) is 17.0 Å². The van der Waals surface area contributed by atoms with Gasteiger partial charge in [0.15, 0.2) is 6.61 Å². The number of hydrogen-bond acceptors (Lipinski definition) is 5. The summed E-state index contributed by atoms with van der Waals surface area (Å²) < 4.78 is 12.2. The molecule has 1 heterocycles. The standard InChI is InChI=1S/C25H20N4O3/c1-31-21-12-10-18(11-13-21)24-23(17-29(28-24)20-7-3-2-4-8-20)25(30)27-19-6-5-9-22(16-19)32-15-14-26/h2-13,16-17H,15H2,1H3,(H,27,30). The fraction of sp³-hybridized carbons (Fsp3) is 0.0800. The lowest BCUT2D eigenvalue weighted by Crippen LogP contribution is -2.12. The van der Waals surface area contributed by atoms with Gasteiger partial charge in [-0.05, 0) is 48.5 Å². The monoisotopic (exact) mass is 424 g/mol. The van der Waals surface area contributed by atoms with Gasteiger partial charge in [0.2, 0.25) is 0 Å². The Bertz CT molecular complexity index is 1260. The number of anilines is 1. The van der Waals surface area contributed by atoms with E-state index in [1.54, 1.807) is 42.3 Å². The molecule has 0 saturated heterocycles. The number of para-hydroxylation sites is 1. The summed E-state index contributed by atoms with van der Waals surface area (Å²) in [6, 6.07) is 25.8. The predicted octanol–water partition coefficient (Wildman–Crippen LogP) is 4.70. The highest BCUT2D eigenvalue weighted by molar-refractivity contribution is 6.08. The average Bonchev–Trinajstić information content (AvgIpc) is 3.29. The number of amides is 1. The van der Waals surface area contributed by atoms with Gasteiger partial charge in [-0.2, -0.15) is 10.4 Å². The van der Waals surface area contributed by atoms with Crippen LogP contribution in [0, 0.1) is 11.3 Å². The summed E-state index contributed by atoms with van der Waals surface area (Å²) in [4.78, 5) is 13.2. The molecule has 1 amide bonds. The van der Waals surface area contributed by atoms with Crippen molar-refractivity contribution < 1.29 is 14.3 Å². The van der Waals surface area contributed by atoms with Gasteiger partial charge in [0.1, 0.15) is 23.3 Å². The molecule has 0 aliphatic heterocycles. The van der Waals surface area contributed by atoms with Crippen LogP contribution in [-0.2, 0) is 0 Å². The number of aromatic nitrogens is 2. The van der Waals surface area contributed by atoms with E-state index in [-0.39, 0.29) is 12.5 Å². The van der Waals surface area contributed by atoms with Crippen molar-refractivity contribution in [2.24, 2.45) is 0 Å². The zero-order valence-corrected chi connectivity index (χ0v) is 17.4. The number of benzene rings is 3. The molecule has 158 valence electrons. The normalized spacial score (nSPS) is 10.2. The predicted molar refractivity (Wildman–Crippen MR) is 121 cm³/mol. The number of carbonyl (C=O) groups is 1. The SMILES string of the molecule is COc1ccc(-c2nn(-c3ccccc3)cc2C(=O)Nc2cccc(OCC#N)c2)cc1. The van der Waals surface area contributed by atoms with Crippen molar-refractivity contribution in [2.45, 2.75) is 0 Å². The molecule has 0 radical (unpaired) electrons. The van der Waals surface area contributed by atoms with E-state index >= 15 is 0 Å². The second-order valence-corrected chi connectivity index (χ2v) is 6.83. The quantitative estimate of drug-likeness (QED) is 0.464. The van der Waals surface area contributed by atoms with Crippen molar-refractivity contribution in [3.63, 3.8) is 0 Å². The molecule has 0 saturated carbocycles. The molecule has 4 aromatic rings. The van der Waals surface area contributed by atoms with E-state index in [2.05, 4.69) is 10.4 Å². The summed E-state index contributed by atoms with van der Waals surface area (Å²) >= 11 is 0. The van der Waals surface area contributed by atoms with Gasteiger partial charge in [-0.15, -0.1) is 0 Å². The Balaban J connectivity index is 1.69. The van der Waals surface area contributed by atoms with Gasteiger partial charge < -0.3 is 14.8 Å². The van der Waals surface area contributed by atoms with Crippen LogP contribution in [0.5, 0.6) is 11.5 Å². The summed E-state index contributed by atoms with van der Waals surface area (Å²) in [6.45, 7) is -0.0666. The first kappa shape index (κ1) is 20.7. The zero-order chi connectivity index (χ0) is 22.3. The number of hydrogen-bond donors (Lipinski definition) is 1. The molecule has 0 unspecified atom stereocenters. The maximum atomic E-state index is 13.2. The van der Waals surface area contributed by atoms with E-state index in [1.807, 2.05) is 60.7 Å². The molecule has 1 N–H and O–H groups in total. The molecule has 3 aromatic carbocycles. The fourth-order valence-electron chi connectivity index (χ4n) is 3.19. The van der Waals surface area contributed by atoms with E-state index < -0.39 is 0 Å². The molecule has 0 aliphatic carbocycles. The number of nitrogens with one attached hydrogen (secondary N) is 1. The van der Waals surface area contributed by atoms with Gasteiger partial charge in [-0.1, -0.05) is 24.3 Å². The van der Waals surface area contributed by atoms with Crippen LogP contribution in [-0.4, -0.2) is 29.4 Å². The molecule has 4 rings (SSSR count).